The van der Waals surface area contributed by atoms with Crippen molar-refractivity contribution in [3.8, 4) is 0 Å². The Morgan fingerprint density at radius 2 is 2.21 bits per heavy atom. The van der Waals surface area contributed by atoms with Crippen LogP contribution in [0.2, 0.25) is 0 Å². The van der Waals surface area contributed by atoms with E-state index in [1.165, 1.54) is 24.8 Å². The van der Waals surface area contributed by atoms with Gasteiger partial charge in [-0.25, -0.2) is 14.3 Å². The quantitative estimate of drug-likeness (QED) is 0.713. The predicted molar refractivity (Wildman–Crippen MR) is 109 cm³/mol. The van der Waals surface area contributed by atoms with Gasteiger partial charge in [0.1, 0.15) is 0 Å². The molecule has 4 rings (SSSR count). The third kappa shape index (κ3) is 4.31. The summed E-state index contributed by atoms with van der Waals surface area (Å²) in [4.78, 5) is 19.1. The lowest BCUT2D eigenvalue weighted by Crippen LogP contribution is -2.36. The molecular weight excluding hydrogens is 352 g/mol. The zero-order valence-electron chi connectivity index (χ0n) is 16.1. The molecule has 0 unspecified atom stereocenters. The molecule has 1 aliphatic heterocycles. The van der Waals surface area contributed by atoms with E-state index in [0.717, 1.165) is 30.0 Å². The van der Waals surface area contributed by atoms with Crippen LogP contribution in [-0.2, 0) is 13.1 Å². The highest BCUT2D eigenvalue weighted by molar-refractivity contribution is 5.89. The number of amides is 2. The van der Waals surface area contributed by atoms with Gasteiger partial charge in [-0.1, -0.05) is 18.6 Å². The number of nitrogens with zero attached hydrogens (tertiary/aromatic N) is 4. The van der Waals surface area contributed by atoms with Crippen LogP contribution in [0.3, 0.4) is 0 Å². The number of piperidine rings is 1. The van der Waals surface area contributed by atoms with Gasteiger partial charge >= 0.3 is 6.03 Å². The first-order chi connectivity index (χ1) is 13.7. The number of fused-ring (bicyclic) bond motifs is 1. The molecule has 146 valence electrons. The summed E-state index contributed by atoms with van der Waals surface area (Å²) in [5.74, 6) is 0. The summed E-state index contributed by atoms with van der Waals surface area (Å²) in [5.41, 5.74) is 3.65. The third-order valence-electron chi connectivity index (χ3n) is 5.30. The summed E-state index contributed by atoms with van der Waals surface area (Å²) >= 11 is 0. The maximum absolute atomic E-state index is 12.3. The first-order valence-corrected chi connectivity index (χ1v) is 9.84. The number of nitrogens with one attached hydrogen (secondary N) is 2. The van der Waals surface area contributed by atoms with Crippen LogP contribution >= 0.6 is 0 Å². The zero-order valence-corrected chi connectivity index (χ0v) is 16.1. The largest absolute Gasteiger partial charge is 0.334 e. The molecule has 3 aromatic rings. The molecule has 0 bridgehead atoms. The van der Waals surface area contributed by atoms with Gasteiger partial charge in [0, 0.05) is 42.8 Å². The van der Waals surface area contributed by atoms with Crippen molar-refractivity contribution in [1.29, 1.82) is 0 Å². The van der Waals surface area contributed by atoms with Gasteiger partial charge in [-0.15, -0.1) is 0 Å². The fraction of sp³-hybridized carbons (Fsp3) is 0.381. The number of carbonyl (C=O) groups is 1. The van der Waals surface area contributed by atoms with Crippen LogP contribution in [0.4, 0.5) is 10.5 Å². The van der Waals surface area contributed by atoms with Crippen molar-refractivity contribution in [3.63, 3.8) is 0 Å². The number of anilines is 1. The molecule has 1 fully saturated rings. The minimum absolute atomic E-state index is 0.237. The zero-order chi connectivity index (χ0) is 19.3. The van der Waals surface area contributed by atoms with Gasteiger partial charge in [-0.2, -0.15) is 5.10 Å². The fourth-order valence-electron chi connectivity index (χ4n) is 3.73. The molecule has 1 saturated heterocycles. The van der Waals surface area contributed by atoms with Crippen LogP contribution in [-0.4, -0.2) is 38.1 Å². The van der Waals surface area contributed by atoms with Crippen molar-refractivity contribution < 1.29 is 4.79 Å². The Balaban J connectivity index is 1.34. The molecule has 3 heterocycles. The van der Waals surface area contributed by atoms with Gasteiger partial charge in [-0.3, -0.25) is 4.90 Å². The maximum atomic E-state index is 12.3. The molecule has 2 amide bonds. The van der Waals surface area contributed by atoms with Crippen LogP contribution in [0.5, 0.6) is 0 Å². The second-order valence-electron chi connectivity index (χ2n) is 7.38. The number of hydrogen-bond donors (Lipinski definition) is 2. The summed E-state index contributed by atoms with van der Waals surface area (Å²) in [5, 5.41) is 10.0. The highest BCUT2D eigenvalue weighted by atomic mass is 16.2. The molecular formula is C21H26N6O. The highest BCUT2D eigenvalue weighted by Gasteiger charge is 2.18. The fourth-order valence-corrected chi connectivity index (χ4v) is 3.73. The van der Waals surface area contributed by atoms with E-state index < -0.39 is 0 Å². The number of aromatic nitrogens is 3. The van der Waals surface area contributed by atoms with E-state index >= 15 is 0 Å². The Kier molecular flexibility index (Phi) is 5.53. The second-order valence-corrected chi connectivity index (χ2v) is 7.38. The summed E-state index contributed by atoms with van der Waals surface area (Å²) in [7, 11) is 0. The van der Waals surface area contributed by atoms with Crippen LogP contribution < -0.4 is 10.6 Å². The molecule has 0 spiro atoms. The minimum Gasteiger partial charge on any atom is -0.334 e. The van der Waals surface area contributed by atoms with Crippen molar-refractivity contribution >= 4 is 17.4 Å². The molecule has 2 N–H and O–H groups in total. The van der Waals surface area contributed by atoms with Gasteiger partial charge in [0.2, 0.25) is 0 Å². The van der Waals surface area contributed by atoms with E-state index in [4.69, 9.17) is 0 Å². The van der Waals surface area contributed by atoms with Crippen molar-refractivity contribution in [2.24, 2.45) is 0 Å². The molecule has 0 saturated carbocycles. The molecule has 0 radical (unpaired) electrons. The Morgan fingerprint density at radius 1 is 1.29 bits per heavy atom. The predicted octanol–water partition coefficient (Wildman–Crippen LogP) is 3.43. The SMILES string of the molecule is C[C@H]1CCCCN1Cc1cccc(NC(=O)NCc2cnn3cccnc23)c1. The average molecular weight is 378 g/mol. The first-order valence-electron chi connectivity index (χ1n) is 9.84. The Bertz CT molecular complexity index is 953. The summed E-state index contributed by atoms with van der Waals surface area (Å²) in [6, 6.07) is 10.3. The standard InChI is InChI=1S/C21H26N6O/c1-16-6-2-3-10-26(16)15-17-7-4-8-19(12-17)25-21(28)23-13-18-14-24-27-11-5-9-22-20(18)27/h4-5,7-9,11-12,14,16H,2-3,6,10,13,15H2,1H3,(H2,23,25,28)/t16-/m0/s1. The molecule has 1 aromatic carbocycles. The Hall–Kier alpha value is -2.93. The molecule has 7 nitrogen and oxygen atoms in total. The third-order valence-corrected chi connectivity index (χ3v) is 5.30. The first kappa shape index (κ1) is 18.4. The molecule has 28 heavy (non-hydrogen) atoms. The number of rotatable bonds is 5. The van der Waals surface area contributed by atoms with Gasteiger partial charge < -0.3 is 10.6 Å². The monoisotopic (exact) mass is 378 g/mol. The number of likely N-dealkylation sites (tertiary alicyclic amines) is 1. The van der Waals surface area contributed by atoms with Crippen LogP contribution in [0.15, 0.2) is 48.9 Å². The lowest BCUT2D eigenvalue weighted by Gasteiger charge is -2.33. The summed E-state index contributed by atoms with van der Waals surface area (Å²) < 4.78 is 1.69. The van der Waals surface area contributed by atoms with Crippen LogP contribution in [0.25, 0.3) is 5.65 Å². The molecule has 2 aromatic heterocycles. The molecule has 1 atom stereocenters. The number of urea groups is 1. The number of benzene rings is 1. The number of hydrogen-bond acceptors (Lipinski definition) is 4. The highest BCUT2D eigenvalue weighted by Crippen LogP contribution is 2.20. The smallest absolute Gasteiger partial charge is 0.319 e. The van der Waals surface area contributed by atoms with Gasteiger partial charge in [0.25, 0.3) is 0 Å². The van der Waals surface area contributed by atoms with Crippen molar-refractivity contribution in [3.05, 3.63) is 60.0 Å². The minimum atomic E-state index is -0.237. The van der Waals surface area contributed by atoms with E-state index in [2.05, 4.69) is 44.7 Å². The van der Waals surface area contributed by atoms with E-state index in [-0.39, 0.29) is 6.03 Å². The van der Waals surface area contributed by atoms with E-state index in [9.17, 15) is 4.79 Å². The molecule has 1 aliphatic rings. The number of carbonyl (C=O) groups excluding carboxylic acids is 1. The summed E-state index contributed by atoms with van der Waals surface area (Å²) in [6.07, 6.45) is 9.13. The molecule has 7 heteroatoms. The topological polar surface area (TPSA) is 74.6 Å². The van der Waals surface area contributed by atoms with Gasteiger partial charge in [0.05, 0.1) is 6.20 Å². The van der Waals surface area contributed by atoms with E-state index in [1.54, 1.807) is 16.9 Å². The van der Waals surface area contributed by atoms with E-state index in [0.29, 0.717) is 12.6 Å². The second kappa shape index (κ2) is 8.39. The maximum Gasteiger partial charge on any atom is 0.319 e. The average Bonchev–Trinajstić information content (AvgIpc) is 3.12. The lowest BCUT2D eigenvalue weighted by molar-refractivity contribution is 0.152. The van der Waals surface area contributed by atoms with Crippen LogP contribution in [0, 0.1) is 0 Å². The van der Waals surface area contributed by atoms with E-state index in [1.807, 2.05) is 24.4 Å². The van der Waals surface area contributed by atoms with Crippen molar-refractivity contribution in [2.45, 2.75) is 45.3 Å². The molecule has 0 aliphatic carbocycles. The normalized spacial score (nSPS) is 17.5. The summed E-state index contributed by atoms with van der Waals surface area (Å²) in [6.45, 7) is 4.74. The van der Waals surface area contributed by atoms with Crippen molar-refractivity contribution in [2.75, 3.05) is 11.9 Å². The Labute approximate surface area is 164 Å². The Morgan fingerprint density at radius 3 is 3.11 bits per heavy atom. The van der Waals surface area contributed by atoms with Gasteiger partial charge in [-0.05, 0) is 50.1 Å². The van der Waals surface area contributed by atoms with Crippen LogP contribution in [0.1, 0.15) is 37.3 Å². The van der Waals surface area contributed by atoms with Gasteiger partial charge in [0.15, 0.2) is 5.65 Å². The lowest BCUT2D eigenvalue weighted by atomic mass is 10.0. The van der Waals surface area contributed by atoms with Crippen molar-refractivity contribution in [1.82, 2.24) is 24.8 Å².